The van der Waals surface area contributed by atoms with Gasteiger partial charge in [-0.05, 0) is 53.6 Å². The highest BCUT2D eigenvalue weighted by molar-refractivity contribution is 5.92. The molecule has 0 saturated heterocycles. The van der Waals surface area contributed by atoms with Gasteiger partial charge in [-0.2, -0.15) is 0 Å². The molecule has 1 N–H and O–H groups in total. The zero-order valence-corrected chi connectivity index (χ0v) is 19.1. The van der Waals surface area contributed by atoms with Crippen LogP contribution in [0.4, 0.5) is 0 Å². The third kappa shape index (κ3) is 4.43. The van der Waals surface area contributed by atoms with E-state index in [4.69, 9.17) is 14.2 Å². The standard InChI is InChI=1S/C26H25NO4.ClH/c1-4-31-22-11-10-20-19(15-27-16-21(20)26(22)28)12-17-13-23(29-2)25(24(14-17)30-3)18-8-6-5-7-9-18;/h5-11,13-16,28H,4,12H2,1-3H3;1H. The summed E-state index contributed by atoms with van der Waals surface area (Å²) in [6, 6.07) is 17.8. The number of phenols is 1. The van der Waals surface area contributed by atoms with E-state index in [0.29, 0.717) is 24.2 Å². The fraction of sp³-hybridized carbons (Fsp3) is 0.192. The molecular formula is C26H26ClNO4. The van der Waals surface area contributed by atoms with Crippen molar-refractivity contribution in [1.82, 2.24) is 4.98 Å². The van der Waals surface area contributed by atoms with Crippen molar-refractivity contribution in [1.29, 1.82) is 0 Å². The van der Waals surface area contributed by atoms with E-state index in [1.165, 1.54) is 0 Å². The van der Waals surface area contributed by atoms with Gasteiger partial charge in [-0.25, -0.2) is 0 Å². The van der Waals surface area contributed by atoms with Crippen LogP contribution in [0.5, 0.6) is 23.0 Å². The highest BCUT2D eigenvalue weighted by Crippen LogP contribution is 2.41. The summed E-state index contributed by atoms with van der Waals surface area (Å²) in [6.45, 7) is 2.37. The van der Waals surface area contributed by atoms with Crippen LogP contribution < -0.4 is 14.2 Å². The van der Waals surface area contributed by atoms with E-state index >= 15 is 0 Å². The summed E-state index contributed by atoms with van der Waals surface area (Å²) in [7, 11) is 3.33. The Balaban J connectivity index is 0.00000289. The van der Waals surface area contributed by atoms with Gasteiger partial charge < -0.3 is 19.3 Å². The molecule has 1 heterocycles. The van der Waals surface area contributed by atoms with Crippen LogP contribution in [0.15, 0.2) is 67.0 Å². The van der Waals surface area contributed by atoms with E-state index in [-0.39, 0.29) is 18.2 Å². The molecule has 4 aromatic rings. The molecule has 3 aromatic carbocycles. The second-order valence-electron chi connectivity index (χ2n) is 7.16. The second-order valence-corrected chi connectivity index (χ2v) is 7.16. The first-order chi connectivity index (χ1) is 15.2. The van der Waals surface area contributed by atoms with Gasteiger partial charge in [-0.15, -0.1) is 12.4 Å². The van der Waals surface area contributed by atoms with Gasteiger partial charge in [-0.3, -0.25) is 4.98 Å². The maximum Gasteiger partial charge on any atom is 0.167 e. The van der Waals surface area contributed by atoms with Crippen LogP contribution in [-0.4, -0.2) is 30.9 Å². The van der Waals surface area contributed by atoms with E-state index < -0.39 is 0 Å². The summed E-state index contributed by atoms with van der Waals surface area (Å²) in [4.78, 5) is 4.34. The molecule has 0 amide bonds. The molecule has 166 valence electrons. The Morgan fingerprint density at radius 2 is 1.53 bits per heavy atom. The Labute approximate surface area is 194 Å². The highest BCUT2D eigenvalue weighted by Gasteiger charge is 2.16. The lowest BCUT2D eigenvalue weighted by atomic mass is 9.96. The molecule has 0 aliphatic carbocycles. The molecule has 0 fully saturated rings. The number of aromatic hydroxyl groups is 1. The first-order valence-corrected chi connectivity index (χ1v) is 10.2. The van der Waals surface area contributed by atoms with Crippen LogP contribution in [0.25, 0.3) is 21.9 Å². The van der Waals surface area contributed by atoms with E-state index in [0.717, 1.165) is 39.1 Å². The van der Waals surface area contributed by atoms with Crippen molar-refractivity contribution in [2.24, 2.45) is 0 Å². The number of hydrogen-bond acceptors (Lipinski definition) is 5. The lowest BCUT2D eigenvalue weighted by Crippen LogP contribution is -1.98. The van der Waals surface area contributed by atoms with Crippen LogP contribution in [-0.2, 0) is 6.42 Å². The molecule has 1 aromatic heterocycles. The van der Waals surface area contributed by atoms with Crippen LogP contribution in [0.2, 0.25) is 0 Å². The minimum atomic E-state index is 0. The number of phenolic OH excluding ortho intramolecular Hbond substituents is 1. The van der Waals surface area contributed by atoms with Gasteiger partial charge in [0.05, 0.1) is 26.4 Å². The largest absolute Gasteiger partial charge is 0.504 e. The summed E-state index contributed by atoms with van der Waals surface area (Å²) in [6.07, 6.45) is 4.10. The Hall–Kier alpha value is -3.44. The van der Waals surface area contributed by atoms with Crippen LogP contribution in [0, 0.1) is 0 Å². The van der Waals surface area contributed by atoms with E-state index in [2.05, 4.69) is 4.98 Å². The minimum Gasteiger partial charge on any atom is -0.504 e. The molecule has 0 aliphatic rings. The van der Waals surface area contributed by atoms with Crippen molar-refractivity contribution in [3.63, 3.8) is 0 Å². The summed E-state index contributed by atoms with van der Waals surface area (Å²) in [5.41, 5.74) is 3.97. The van der Waals surface area contributed by atoms with E-state index in [1.54, 1.807) is 26.5 Å². The highest BCUT2D eigenvalue weighted by atomic mass is 35.5. The molecule has 0 atom stereocenters. The van der Waals surface area contributed by atoms with Gasteiger partial charge in [-0.1, -0.05) is 36.4 Å². The number of halogens is 1. The smallest absolute Gasteiger partial charge is 0.167 e. The van der Waals surface area contributed by atoms with Crippen molar-refractivity contribution in [2.75, 3.05) is 20.8 Å². The predicted molar refractivity (Wildman–Crippen MR) is 130 cm³/mol. The number of aromatic nitrogens is 1. The van der Waals surface area contributed by atoms with Gasteiger partial charge in [0.25, 0.3) is 0 Å². The molecule has 4 rings (SSSR count). The number of fused-ring (bicyclic) bond motifs is 1. The monoisotopic (exact) mass is 451 g/mol. The van der Waals surface area contributed by atoms with Crippen molar-refractivity contribution in [2.45, 2.75) is 13.3 Å². The molecule has 32 heavy (non-hydrogen) atoms. The lowest BCUT2D eigenvalue weighted by Gasteiger charge is -2.16. The molecule has 0 radical (unpaired) electrons. The zero-order chi connectivity index (χ0) is 21.8. The number of methoxy groups -OCH3 is 2. The van der Waals surface area contributed by atoms with Crippen LogP contribution in [0.3, 0.4) is 0 Å². The van der Waals surface area contributed by atoms with Crippen molar-refractivity contribution < 1.29 is 19.3 Å². The van der Waals surface area contributed by atoms with Gasteiger partial charge in [0, 0.05) is 17.8 Å². The summed E-state index contributed by atoms with van der Waals surface area (Å²) >= 11 is 0. The quantitative estimate of drug-likeness (QED) is 0.371. The molecule has 0 bridgehead atoms. The topological polar surface area (TPSA) is 60.8 Å². The number of benzene rings is 3. The van der Waals surface area contributed by atoms with Gasteiger partial charge in [0.2, 0.25) is 0 Å². The summed E-state index contributed by atoms with van der Waals surface area (Å²) < 4.78 is 16.9. The van der Waals surface area contributed by atoms with Gasteiger partial charge >= 0.3 is 0 Å². The molecular weight excluding hydrogens is 426 g/mol. The number of rotatable bonds is 7. The number of nitrogens with zero attached hydrogens (tertiary/aromatic N) is 1. The van der Waals surface area contributed by atoms with Crippen LogP contribution >= 0.6 is 12.4 Å². The van der Waals surface area contributed by atoms with Gasteiger partial charge in [0.15, 0.2) is 11.5 Å². The number of hydrogen-bond donors (Lipinski definition) is 1. The van der Waals surface area contributed by atoms with Crippen molar-refractivity contribution in [3.05, 3.63) is 78.1 Å². The fourth-order valence-corrected chi connectivity index (χ4v) is 3.86. The maximum atomic E-state index is 10.6. The average Bonchev–Trinajstić information content (AvgIpc) is 2.81. The normalized spacial score (nSPS) is 10.5. The van der Waals surface area contributed by atoms with Gasteiger partial charge in [0.1, 0.15) is 11.5 Å². The lowest BCUT2D eigenvalue weighted by molar-refractivity contribution is 0.320. The second kappa shape index (κ2) is 10.2. The average molecular weight is 452 g/mol. The minimum absolute atomic E-state index is 0. The Morgan fingerprint density at radius 1 is 0.844 bits per heavy atom. The molecule has 0 aliphatic heterocycles. The Bertz CT molecular complexity index is 1190. The molecule has 6 heteroatoms. The van der Waals surface area contributed by atoms with E-state index in [9.17, 15) is 5.11 Å². The summed E-state index contributed by atoms with van der Waals surface area (Å²) in [5, 5.41) is 12.2. The fourth-order valence-electron chi connectivity index (χ4n) is 3.86. The molecule has 0 unspecified atom stereocenters. The van der Waals surface area contributed by atoms with Crippen molar-refractivity contribution >= 4 is 23.2 Å². The molecule has 0 saturated carbocycles. The first kappa shape index (κ1) is 23.2. The predicted octanol–water partition coefficient (Wildman–Crippen LogP) is 6.04. The summed E-state index contributed by atoms with van der Waals surface area (Å²) in [5.74, 6) is 2.07. The third-order valence-electron chi connectivity index (χ3n) is 5.28. The molecule has 5 nitrogen and oxygen atoms in total. The van der Waals surface area contributed by atoms with Crippen LogP contribution in [0.1, 0.15) is 18.1 Å². The maximum absolute atomic E-state index is 10.6. The number of ether oxygens (including phenoxy) is 3. The Kier molecular flexibility index (Phi) is 7.44. The zero-order valence-electron chi connectivity index (χ0n) is 18.3. The SMILES string of the molecule is CCOc1ccc2c(Cc3cc(OC)c(-c4ccccc4)c(OC)c3)cncc2c1O.Cl. The van der Waals surface area contributed by atoms with E-state index in [1.807, 2.05) is 61.7 Å². The Morgan fingerprint density at radius 3 is 2.16 bits per heavy atom. The molecule has 0 spiro atoms. The third-order valence-corrected chi connectivity index (χ3v) is 5.28. The number of pyridine rings is 1. The van der Waals surface area contributed by atoms with Crippen molar-refractivity contribution in [3.8, 4) is 34.1 Å². The first-order valence-electron chi connectivity index (χ1n) is 10.2.